The van der Waals surface area contributed by atoms with E-state index in [0.29, 0.717) is 92.3 Å². The van der Waals surface area contributed by atoms with Gasteiger partial charge in [-0.25, -0.2) is 44.3 Å². The molecule has 3 N–H and O–H groups in total. The number of pyridine rings is 6. The van der Waals surface area contributed by atoms with Gasteiger partial charge in [-0.05, 0) is 137 Å². The molecule has 0 spiro atoms. The molecule has 4 saturated heterocycles. The van der Waals surface area contributed by atoms with Crippen molar-refractivity contribution in [2.24, 2.45) is 35.5 Å². The highest BCUT2D eigenvalue weighted by molar-refractivity contribution is 6.31. The number of carbonyl (C=O) groups is 1. The van der Waals surface area contributed by atoms with E-state index >= 15 is 0 Å². The van der Waals surface area contributed by atoms with Gasteiger partial charge in [0.05, 0.1) is 97.2 Å². The normalized spacial score (nSPS) is 23.5. The smallest absolute Gasteiger partial charge is 0.380 e. The topological polar surface area (TPSA) is 365 Å². The fourth-order valence-corrected chi connectivity index (χ4v) is 18.7. The van der Waals surface area contributed by atoms with Crippen LogP contribution in [0.3, 0.4) is 0 Å². The van der Waals surface area contributed by atoms with Crippen molar-refractivity contribution in [2.45, 2.75) is 174 Å². The maximum absolute atomic E-state index is 13.2. The van der Waals surface area contributed by atoms with Crippen LogP contribution in [0.2, 0.25) is 15.1 Å². The lowest BCUT2D eigenvalue weighted by Crippen LogP contribution is -2.51. The summed E-state index contributed by atoms with van der Waals surface area (Å²) >= 11 is 19.1. The van der Waals surface area contributed by atoms with Crippen LogP contribution in [0.25, 0.3) is 101 Å². The second-order valence-electron chi connectivity index (χ2n) is 33.0. The van der Waals surface area contributed by atoms with Crippen LogP contribution in [0.1, 0.15) is 124 Å². The molecule has 2 unspecified atom stereocenters. The summed E-state index contributed by atoms with van der Waals surface area (Å²) in [6, 6.07) is 11.1. The molecular weight excluding hydrogens is 1560 g/mol. The summed E-state index contributed by atoms with van der Waals surface area (Å²) in [6.45, 7) is 15.7. The van der Waals surface area contributed by atoms with E-state index in [1.54, 1.807) is 63.3 Å². The predicted octanol–water partition coefficient (Wildman–Crippen LogP) is 13.2. The number of nitrogens with zero attached hydrogens (tertiary/aromatic N) is 19. The average Bonchev–Trinajstić information content (AvgIpc) is 1.60. The predicted molar refractivity (Wildman–Crippen MR) is 442 cm³/mol. The second-order valence-corrected chi connectivity index (χ2v) is 34.3. The van der Waals surface area contributed by atoms with Gasteiger partial charge in [0, 0.05) is 120 Å². The number of ether oxygens (including phenoxy) is 3. The molecule has 5 atom stereocenters. The average molecular weight is 1660 g/mol. The van der Waals surface area contributed by atoms with Gasteiger partial charge >= 0.3 is 17.3 Å². The highest BCUT2D eigenvalue weighted by Crippen LogP contribution is 2.44. The number of halogens is 3. The number of likely N-dealkylation sites (N-methyl/N-ethyl adjacent to an activating group) is 1. The quantitative estimate of drug-likeness (QED) is 0.0762. The summed E-state index contributed by atoms with van der Waals surface area (Å²) in [5.74, 6) is 5.22. The van der Waals surface area contributed by atoms with Crippen LogP contribution in [0.15, 0.2) is 102 Å². The molecule has 1 amide bonds. The van der Waals surface area contributed by atoms with E-state index in [1.165, 1.54) is 64.2 Å². The number of aromatic nitrogens is 18. The molecule has 35 heteroatoms. The third kappa shape index (κ3) is 16.7. The van der Waals surface area contributed by atoms with Gasteiger partial charge in [0.15, 0.2) is 0 Å². The van der Waals surface area contributed by atoms with Crippen LogP contribution in [-0.2, 0) is 38.6 Å². The number of methoxy groups -OCH3 is 1. The number of rotatable bonds is 17. The Hall–Kier alpha value is -10.3. The maximum Gasteiger partial charge on any atom is 0.439 e. The molecule has 0 radical (unpaired) electrons. The van der Waals surface area contributed by atoms with Crippen LogP contribution in [0.5, 0.6) is 0 Å². The number of fused-ring (bicyclic) bond motifs is 4. The van der Waals surface area contributed by atoms with Crippen LogP contribution in [0, 0.1) is 35.5 Å². The van der Waals surface area contributed by atoms with Crippen molar-refractivity contribution in [1.82, 2.24) is 93.9 Å². The lowest BCUT2D eigenvalue weighted by atomic mass is 9.83. The van der Waals surface area contributed by atoms with Crippen molar-refractivity contribution in [3.8, 4) is 68.3 Å². The molecule has 3 aliphatic carbocycles. The number of anilines is 3. The number of aromatic amines is 3. The first-order chi connectivity index (χ1) is 56.7. The number of nitrogens with one attached hydrogen (secondary N) is 3. The largest absolute Gasteiger partial charge is 0.439 e. The summed E-state index contributed by atoms with van der Waals surface area (Å²) in [5, 5.41) is 13.1. The monoisotopic (exact) mass is 1650 g/mol. The van der Waals surface area contributed by atoms with Gasteiger partial charge < -0.3 is 47.5 Å². The summed E-state index contributed by atoms with van der Waals surface area (Å²) in [7, 11) is 5.36. The third-order valence-corrected chi connectivity index (χ3v) is 25.1. The number of carbonyl (C=O) groups excluding carboxylic acids is 1. The zero-order chi connectivity index (χ0) is 80.9. The fraction of sp³-hybridized carbons (Fsp3) is 0.512. The Labute approximate surface area is 687 Å². The van der Waals surface area contributed by atoms with Gasteiger partial charge in [0.25, 0.3) is 0 Å². The van der Waals surface area contributed by atoms with E-state index in [4.69, 9.17) is 92.5 Å². The zero-order valence-electron chi connectivity index (χ0n) is 66.5. The van der Waals surface area contributed by atoms with Gasteiger partial charge in [-0.1, -0.05) is 110 Å². The molecule has 32 nitrogen and oxygen atoms in total. The van der Waals surface area contributed by atoms with Gasteiger partial charge in [-0.3, -0.25) is 48.3 Å². The number of morpholine rings is 1. The molecule has 0 aromatic carbocycles. The highest BCUT2D eigenvalue weighted by Gasteiger charge is 2.42. The van der Waals surface area contributed by atoms with Crippen LogP contribution >= 0.6 is 34.8 Å². The van der Waals surface area contributed by atoms with Gasteiger partial charge in [0.1, 0.15) is 29.2 Å². The number of H-pyrrole nitrogens is 3. The summed E-state index contributed by atoms with van der Waals surface area (Å²) in [4.78, 5) is 108. The Bertz CT molecular complexity index is 5760. The van der Waals surface area contributed by atoms with Crippen molar-refractivity contribution in [3.05, 3.63) is 120 Å². The van der Waals surface area contributed by atoms with E-state index in [1.807, 2.05) is 36.4 Å². The van der Waals surface area contributed by atoms with Gasteiger partial charge in [-0.2, -0.15) is 0 Å². The zero-order valence-corrected chi connectivity index (χ0v) is 68.7. The molecule has 19 rings (SSSR count). The molecule has 117 heavy (non-hydrogen) atoms. The van der Waals surface area contributed by atoms with E-state index in [-0.39, 0.29) is 53.7 Å². The van der Waals surface area contributed by atoms with E-state index in [0.717, 1.165) is 151 Å². The second kappa shape index (κ2) is 34.0. The molecule has 4 aliphatic heterocycles. The molecule has 7 fully saturated rings. The van der Waals surface area contributed by atoms with Crippen molar-refractivity contribution < 1.29 is 32.6 Å². The van der Waals surface area contributed by atoms with E-state index in [9.17, 15) is 19.2 Å². The minimum absolute atomic E-state index is 0.0213. The first-order valence-corrected chi connectivity index (χ1v) is 41.8. The van der Waals surface area contributed by atoms with Gasteiger partial charge in [0.2, 0.25) is 41.2 Å². The molecule has 0 bridgehead atoms. The SMILES string of the molecule is CC1CCC(Cn2c(N3CCC[C@@H]3C(=O)N(C)C)nc3cc(-c4noc(=O)[nH]4)nc(-c4cncc(Cl)c4)c32)CC1.CC1CCC(Cn2c(N3CCOC4COCC43)nc3cc(-c4noc(=O)[nH]4)nc(-c4cncc(Cl)c4)c32)CC1.CO[C@@H]1C[C@@H](C)N(c2nc3cc(-c4noc(=O)[nH]4)nc(-c4cncc(Cl)c4)c3n2CC2CCC(C)CC2)C1. The minimum Gasteiger partial charge on any atom is -0.380 e. The van der Waals surface area contributed by atoms with Crippen molar-refractivity contribution in [1.29, 1.82) is 0 Å². The van der Waals surface area contributed by atoms with Crippen molar-refractivity contribution in [3.63, 3.8) is 0 Å². The number of hydrogen-bond donors (Lipinski definition) is 3. The molecule has 12 aromatic rings. The maximum atomic E-state index is 13.2. The molecule has 614 valence electrons. The Morgan fingerprint density at radius 2 is 0.906 bits per heavy atom. The molecular formula is C82H95Cl3N22O10. The van der Waals surface area contributed by atoms with Crippen LogP contribution in [0.4, 0.5) is 17.8 Å². The van der Waals surface area contributed by atoms with Crippen LogP contribution in [-0.4, -0.2) is 191 Å². The number of amides is 1. The summed E-state index contributed by atoms with van der Waals surface area (Å²) in [5.41, 5.74) is 10.4. The van der Waals surface area contributed by atoms with Crippen molar-refractivity contribution in [2.75, 3.05) is 75.4 Å². The lowest BCUT2D eigenvalue weighted by molar-refractivity contribution is -0.129. The Morgan fingerprint density at radius 1 is 0.504 bits per heavy atom. The number of hydrogen-bond acceptors (Lipinski definition) is 25. The standard InChI is InChI=1S/C28H33ClN8O3.C27H30ClN7O4.C27H32ClN7O3/c1-16-6-8-17(9-7-16)15-37-24-20(32-27(37)36-10-4-5-22(36)26(38)35(2)3)12-21(25-33-28(39)40-34-25)31-23(24)18-11-19(29)14-30-13-18;1-15-2-4-16(5-3-15)12-35-24-19(31-26(35)34-6-7-38-22-14-37-13-21(22)34)9-20(25-32-27(36)39-33-25)30-23(24)17-8-18(28)11-29-10-17;1-15-4-6-17(7-5-15)13-35-24-21(31-26(35)34-14-20(37-3)8-16(34)2)10-22(25-32-27(36)38-33-25)30-23(24)18-9-19(28)12-29-11-18/h11-14,16-17,22H,4-10,15H2,1-3H3,(H,33,34,39);8-11,15-16,21-22H,2-7,12-14H2,1H3,(H,32,33,36);9-12,15-17,20H,4-8,13-14H2,1-3H3,(H,32,33,36)/t16?,17?,22-;;15?,16-,17?,20-/m1.1/s1. The third-order valence-electron chi connectivity index (χ3n) is 24.5. The molecule has 16 heterocycles. The minimum atomic E-state index is -0.664. The van der Waals surface area contributed by atoms with Crippen LogP contribution < -0.4 is 32.0 Å². The lowest BCUT2D eigenvalue weighted by Gasteiger charge is -2.37. The molecule has 3 saturated carbocycles. The Balaban J connectivity index is 0.000000126. The molecule has 7 aliphatic rings. The fourth-order valence-electron chi connectivity index (χ4n) is 18.2. The van der Waals surface area contributed by atoms with Crippen molar-refractivity contribution >= 4 is 91.7 Å². The Morgan fingerprint density at radius 3 is 1.27 bits per heavy atom. The summed E-state index contributed by atoms with van der Waals surface area (Å²) < 4.78 is 38.8. The first kappa shape index (κ1) is 79.2. The van der Waals surface area contributed by atoms with Gasteiger partial charge in [-0.15, -0.1) is 0 Å². The first-order valence-electron chi connectivity index (χ1n) is 40.7. The number of imidazole rings is 3. The molecule has 12 aromatic heterocycles. The highest BCUT2D eigenvalue weighted by atomic mass is 35.5. The Kier molecular flexibility index (Phi) is 23.0. The van der Waals surface area contributed by atoms with E-state index in [2.05, 4.69) is 101 Å². The van der Waals surface area contributed by atoms with E-state index < -0.39 is 17.3 Å². The summed E-state index contributed by atoms with van der Waals surface area (Å²) in [6.07, 6.45) is 27.2.